The lowest BCUT2D eigenvalue weighted by Gasteiger charge is -2.34. The molecule has 0 aromatic rings. The molecule has 124 valence electrons. The minimum Gasteiger partial charge on any atom is -0.444 e. The SMILES string of the molecule is CC(O)CC(C)NCC1CCCN(C(=O)OC(C)(C)C)C1. The number of hydrogen-bond acceptors (Lipinski definition) is 4. The molecule has 0 radical (unpaired) electrons. The van der Waals surface area contributed by atoms with Crippen molar-refractivity contribution >= 4 is 6.09 Å². The zero-order chi connectivity index (χ0) is 16.0. The van der Waals surface area contributed by atoms with E-state index in [1.165, 1.54) is 0 Å². The van der Waals surface area contributed by atoms with E-state index in [1.807, 2.05) is 32.6 Å². The Balaban J connectivity index is 2.36. The molecule has 2 N–H and O–H groups in total. The number of carbonyl (C=O) groups excluding carboxylic acids is 1. The third-order valence-corrected chi connectivity index (χ3v) is 3.62. The molecule has 0 aromatic heterocycles. The van der Waals surface area contributed by atoms with Crippen LogP contribution < -0.4 is 5.32 Å². The largest absolute Gasteiger partial charge is 0.444 e. The first-order valence-corrected chi connectivity index (χ1v) is 8.06. The Bertz CT molecular complexity index is 326. The van der Waals surface area contributed by atoms with Gasteiger partial charge in [-0.3, -0.25) is 0 Å². The summed E-state index contributed by atoms with van der Waals surface area (Å²) in [4.78, 5) is 13.9. The summed E-state index contributed by atoms with van der Waals surface area (Å²) in [5, 5.41) is 12.8. The third kappa shape index (κ3) is 7.67. The minimum absolute atomic E-state index is 0.204. The van der Waals surface area contributed by atoms with E-state index in [0.717, 1.165) is 38.9 Å². The predicted molar refractivity (Wildman–Crippen MR) is 84.3 cm³/mol. The predicted octanol–water partition coefficient (Wildman–Crippen LogP) is 2.38. The van der Waals surface area contributed by atoms with Crippen LogP contribution in [0, 0.1) is 5.92 Å². The number of amides is 1. The maximum atomic E-state index is 12.1. The fourth-order valence-corrected chi connectivity index (χ4v) is 2.69. The fourth-order valence-electron chi connectivity index (χ4n) is 2.69. The molecule has 1 rings (SSSR count). The number of nitrogens with zero attached hydrogens (tertiary/aromatic N) is 1. The van der Waals surface area contributed by atoms with Crippen molar-refractivity contribution < 1.29 is 14.6 Å². The van der Waals surface area contributed by atoms with Gasteiger partial charge in [-0.1, -0.05) is 0 Å². The lowest BCUT2D eigenvalue weighted by Crippen LogP contribution is -2.46. The van der Waals surface area contributed by atoms with Gasteiger partial charge in [0.15, 0.2) is 0 Å². The van der Waals surface area contributed by atoms with Crippen molar-refractivity contribution in [2.45, 2.75) is 71.6 Å². The molecular weight excluding hydrogens is 268 g/mol. The number of likely N-dealkylation sites (tertiary alicyclic amines) is 1. The highest BCUT2D eigenvalue weighted by molar-refractivity contribution is 5.68. The molecular formula is C16H32N2O3. The van der Waals surface area contributed by atoms with Crippen molar-refractivity contribution in [3.63, 3.8) is 0 Å². The van der Waals surface area contributed by atoms with Crippen LogP contribution in [-0.4, -0.2) is 53.5 Å². The number of piperidine rings is 1. The summed E-state index contributed by atoms with van der Waals surface area (Å²) in [5.41, 5.74) is -0.436. The molecule has 1 heterocycles. The summed E-state index contributed by atoms with van der Waals surface area (Å²) in [6.45, 7) is 12.0. The van der Waals surface area contributed by atoms with Crippen LogP contribution in [0.3, 0.4) is 0 Å². The van der Waals surface area contributed by atoms with Gasteiger partial charge >= 0.3 is 6.09 Å². The molecule has 1 fully saturated rings. The highest BCUT2D eigenvalue weighted by atomic mass is 16.6. The highest BCUT2D eigenvalue weighted by Gasteiger charge is 2.27. The molecule has 3 unspecified atom stereocenters. The van der Waals surface area contributed by atoms with Gasteiger partial charge in [0.25, 0.3) is 0 Å². The van der Waals surface area contributed by atoms with Gasteiger partial charge in [0.2, 0.25) is 0 Å². The smallest absolute Gasteiger partial charge is 0.410 e. The van der Waals surface area contributed by atoms with Gasteiger partial charge in [-0.15, -0.1) is 0 Å². The summed E-state index contributed by atoms with van der Waals surface area (Å²) in [6.07, 6.45) is 2.42. The van der Waals surface area contributed by atoms with Gasteiger partial charge in [0.1, 0.15) is 5.60 Å². The number of hydrogen-bond donors (Lipinski definition) is 2. The maximum Gasteiger partial charge on any atom is 0.410 e. The average molecular weight is 300 g/mol. The molecule has 0 aliphatic carbocycles. The van der Waals surface area contributed by atoms with Gasteiger partial charge in [0.05, 0.1) is 6.10 Å². The molecule has 5 nitrogen and oxygen atoms in total. The Kier molecular flexibility index (Phi) is 6.94. The van der Waals surface area contributed by atoms with Crippen LogP contribution in [0.25, 0.3) is 0 Å². The fraction of sp³-hybridized carbons (Fsp3) is 0.938. The summed E-state index contributed by atoms with van der Waals surface area (Å²) in [5.74, 6) is 0.461. The lowest BCUT2D eigenvalue weighted by atomic mass is 9.97. The Morgan fingerprint density at radius 2 is 2.10 bits per heavy atom. The first kappa shape index (κ1) is 18.2. The molecule has 0 saturated carbocycles. The van der Waals surface area contributed by atoms with Crippen LogP contribution in [0.5, 0.6) is 0 Å². The second-order valence-electron chi connectivity index (χ2n) is 7.33. The van der Waals surface area contributed by atoms with Gasteiger partial charge in [-0.05, 0) is 66.3 Å². The Hall–Kier alpha value is -0.810. The van der Waals surface area contributed by atoms with Crippen LogP contribution in [-0.2, 0) is 4.74 Å². The van der Waals surface area contributed by atoms with Gasteiger partial charge < -0.3 is 20.1 Å². The zero-order valence-electron chi connectivity index (χ0n) is 14.2. The van der Waals surface area contributed by atoms with Crippen LogP contribution in [0.2, 0.25) is 0 Å². The number of rotatable bonds is 5. The second-order valence-corrected chi connectivity index (χ2v) is 7.33. The van der Waals surface area contributed by atoms with Gasteiger partial charge in [-0.2, -0.15) is 0 Å². The number of carbonyl (C=O) groups is 1. The molecule has 1 aliphatic rings. The van der Waals surface area contributed by atoms with Crippen LogP contribution in [0.1, 0.15) is 53.9 Å². The Morgan fingerprint density at radius 3 is 2.67 bits per heavy atom. The van der Waals surface area contributed by atoms with E-state index in [4.69, 9.17) is 4.74 Å². The molecule has 21 heavy (non-hydrogen) atoms. The Morgan fingerprint density at radius 1 is 1.43 bits per heavy atom. The van der Waals surface area contributed by atoms with E-state index in [-0.39, 0.29) is 12.2 Å². The third-order valence-electron chi connectivity index (χ3n) is 3.62. The molecule has 0 bridgehead atoms. The molecule has 1 amide bonds. The average Bonchev–Trinajstić information content (AvgIpc) is 2.34. The van der Waals surface area contributed by atoms with Crippen molar-refractivity contribution in [2.24, 2.45) is 5.92 Å². The number of nitrogens with one attached hydrogen (secondary N) is 1. The second kappa shape index (κ2) is 7.99. The molecule has 1 aliphatic heterocycles. The van der Waals surface area contributed by atoms with E-state index >= 15 is 0 Å². The van der Waals surface area contributed by atoms with E-state index < -0.39 is 5.60 Å². The summed E-state index contributed by atoms with van der Waals surface area (Å²) >= 11 is 0. The van der Waals surface area contributed by atoms with E-state index in [9.17, 15) is 9.90 Å². The summed E-state index contributed by atoms with van der Waals surface area (Å²) < 4.78 is 5.44. The molecule has 3 atom stereocenters. The molecule has 1 saturated heterocycles. The number of aliphatic hydroxyl groups excluding tert-OH is 1. The molecule has 5 heteroatoms. The van der Waals surface area contributed by atoms with E-state index in [2.05, 4.69) is 12.2 Å². The topological polar surface area (TPSA) is 61.8 Å². The highest BCUT2D eigenvalue weighted by Crippen LogP contribution is 2.19. The standard InChI is InChI=1S/C16H32N2O3/c1-12(9-13(2)19)17-10-14-7-6-8-18(11-14)15(20)21-16(3,4)5/h12-14,17,19H,6-11H2,1-5H3. The summed E-state index contributed by atoms with van der Waals surface area (Å²) in [6, 6.07) is 0.293. The van der Waals surface area contributed by atoms with Crippen molar-refractivity contribution in [1.29, 1.82) is 0 Å². The first-order chi connectivity index (χ1) is 9.67. The molecule has 0 spiro atoms. The zero-order valence-corrected chi connectivity index (χ0v) is 14.2. The van der Waals surface area contributed by atoms with Crippen molar-refractivity contribution in [3.05, 3.63) is 0 Å². The van der Waals surface area contributed by atoms with Gasteiger partial charge in [0, 0.05) is 19.1 Å². The van der Waals surface area contributed by atoms with Gasteiger partial charge in [-0.25, -0.2) is 4.79 Å². The van der Waals surface area contributed by atoms with Crippen LogP contribution in [0.4, 0.5) is 4.79 Å². The van der Waals surface area contributed by atoms with Crippen molar-refractivity contribution in [2.75, 3.05) is 19.6 Å². The minimum atomic E-state index is -0.436. The normalized spacial score (nSPS) is 22.8. The van der Waals surface area contributed by atoms with Crippen molar-refractivity contribution in [3.8, 4) is 0 Å². The Labute approximate surface area is 129 Å². The number of ether oxygens (including phenoxy) is 1. The van der Waals surface area contributed by atoms with Crippen LogP contribution in [0.15, 0.2) is 0 Å². The lowest BCUT2D eigenvalue weighted by molar-refractivity contribution is 0.0165. The quantitative estimate of drug-likeness (QED) is 0.818. The number of aliphatic hydroxyl groups is 1. The van der Waals surface area contributed by atoms with E-state index in [0.29, 0.717) is 12.0 Å². The monoisotopic (exact) mass is 300 g/mol. The summed E-state index contributed by atoms with van der Waals surface area (Å²) in [7, 11) is 0. The van der Waals surface area contributed by atoms with E-state index in [1.54, 1.807) is 0 Å². The molecule has 0 aromatic carbocycles. The van der Waals surface area contributed by atoms with Crippen molar-refractivity contribution in [1.82, 2.24) is 10.2 Å². The first-order valence-electron chi connectivity index (χ1n) is 8.06. The maximum absolute atomic E-state index is 12.1. The van der Waals surface area contributed by atoms with Crippen LogP contribution >= 0.6 is 0 Å².